The van der Waals surface area contributed by atoms with E-state index in [4.69, 9.17) is 4.74 Å². The van der Waals surface area contributed by atoms with Crippen molar-refractivity contribution >= 4 is 23.5 Å². The number of piperidine rings is 1. The Kier molecular flexibility index (Phi) is 7.29. The molecule has 6 heteroatoms. The number of anilines is 1. The van der Waals surface area contributed by atoms with Crippen molar-refractivity contribution in [3.8, 4) is 0 Å². The Hall–Kier alpha value is -2.21. The first-order chi connectivity index (χ1) is 15.5. The second-order valence-corrected chi connectivity index (χ2v) is 9.85. The summed E-state index contributed by atoms with van der Waals surface area (Å²) in [6.45, 7) is 6.47. The van der Waals surface area contributed by atoms with Crippen LogP contribution in [-0.4, -0.2) is 48.4 Å². The number of nitrogens with zero attached hydrogens (tertiary/aromatic N) is 2. The Morgan fingerprint density at radius 3 is 2.69 bits per heavy atom. The lowest BCUT2D eigenvalue weighted by Gasteiger charge is -2.47. The van der Waals surface area contributed by atoms with E-state index >= 15 is 0 Å². The molecule has 2 aliphatic heterocycles. The summed E-state index contributed by atoms with van der Waals surface area (Å²) in [5.74, 6) is -0.288. The maximum Gasteiger partial charge on any atom is 0.340 e. The molecule has 0 radical (unpaired) electrons. The van der Waals surface area contributed by atoms with Gasteiger partial charge in [-0.25, -0.2) is 9.69 Å². The summed E-state index contributed by atoms with van der Waals surface area (Å²) in [6, 6.07) is 7.48. The van der Waals surface area contributed by atoms with Crippen molar-refractivity contribution in [3.63, 3.8) is 0 Å². The first-order valence-corrected chi connectivity index (χ1v) is 12.4. The Morgan fingerprint density at radius 1 is 1.16 bits per heavy atom. The summed E-state index contributed by atoms with van der Waals surface area (Å²) in [4.78, 5) is 41.7. The van der Waals surface area contributed by atoms with Crippen LogP contribution >= 0.6 is 0 Å². The highest BCUT2D eigenvalue weighted by Gasteiger charge is 2.39. The van der Waals surface area contributed by atoms with Gasteiger partial charge in [0.25, 0.3) is 0 Å². The van der Waals surface area contributed by atoms with Gasteiger partial charge < -0.3 is 4.74 Å². The molecule has 4 rings (SSSR count). The lowest BCUT2D eigenvalue weighted by Crippen LogP contribution is -2.51. The van der Waals surface area contributed by atoms with Crippen LogP contribution in [0.3, 0.4) is 0 Å². The summed E-state index contributed by atoms with van der Waals surface area (Å²) in [5.41, 5.74) is 0.634. The van der Waals surface area contributed by atoms with Gasteiger partial charge in [-0.2, -0.15) is 0 Å². The van der Waals surface area contributed by atoms with Crippen molar-refractivity contribution in [1.82, 2.24) is 4.90 Å². The van der Waals surface area contributed by atoms with E-state index in [9.17, 15) is 14.4 Å². The number of carbonyl (C=O) groups excluding carboxylic acids is 3. The average Bonchev–Trinajstić information content (AvgIpc) is 3.06. The maximum absolute atomic E-state index is 13.0. The average molecular weight is 441 g/mol. The number of fused-ring (bicyclic) bond motifs is 1. The number of likely N-dealkylation sites (tertiary alicyclic amines) is 1. The van der Waals surface area contributed by atoms with Gasteiger partial charge in [0, 0.05) is 30.8 Å². The third-order valence-corrected chi connectivity index (χ3v) is 7.45. The number of carbonyl (C=O) groups is 3. The van der Waals surface area contributed by atoms with Crippen molar-refractivity contribution in [3.05, 3.63) is 29.8 Å². The van der Waals surface area contributed by atoms with Gasteiger partial charge >= 0.3 is 5.97 Å². The van der Waals surface area contributed by atoms with Crippen molar-refractivity contribution in [2.45, 2.75) is 71.3 Å². The molecule has 1 unspecified atom stereocenters. The number of amides is 2. The Balaban J connectivity index is 1.43. The molecule has 2 saturated heterocycles. The van der Waals surface area contributed by atoms with Crippen molar-refractivity contribution in [2.75, 3.05) is 24.6 Å². The monoisotopic (exact) mass is 440 g/mol. The van der Waals surface area contributed by atoms with E-state index in [2.05, 4.69) is 11.8 Å². The van der Waals surface area contributed by atoms with E-state index in [1.165, 1.54) is 38.5 Å². The topological polar surface area (TPSA) is 66.9 Å². The first-order valence-electron chi connectivity index (χ1n) is 12.4. The number of ether oxygens (including phenoxy) is 1. The largest absolute Gasteiger partial charge is 0.462 e. The Labute approximate surface area is 191 Å². The fraction of sp³-hybridized carbons (Fsp3) is 0.654. The van der Waals surface area contributed by atoms with Crippen LogP contribution in [0.2, 0.25) is 0 Å². The fourth-order valence-corrected chi connectivity index (χ4v) is 5.80. The van der Waals surface area contributed by atoms with Crippen molar-refractivity contribution in [1.29, 1.82) is 0 Å². The van der Waals surface area contributed by atoms with Crippen molar-refractivity contribution < 1.29 is 19.1 Å². The van der Waals surface area contributed by atoms with Gasteiger partial charge in [0.2, 0.25) is 11.8 Å². The zero-order chi connectivity index (χ0) is 22.7. The molecule has 2 amide bonds. The van der Waals surface area contributed by atoms with Gasteiger partial charge in [-0.15, -0.1) is 0 Å². The van der Waals surface area contributed by atoms with Crippen LogP contribution in [-0.2, 0) is 14.3 Å². The molecule has 1 aromatic rings. The van der Waals surface area contributed by atoms with Crippen LogP contribution in [0.4, 0.5) is 5.69 Å². The first kappa shape index (κ1) is 23.0. The van der Waals surface area contributed by atoms with Gasteiger partial charge in [0.1, 0.15) is 0 Å². The summed E-state index contributed by atoms with van der Waals surface area (Å²) < 4.78 is 5.78. The van der Waals surface area contributed by atoms with E-state index in [-0.39, 0.29) is 29.7 Å². The lowest BCUT2D eigenvalue weighted by atomic mass is 9.75. The standard InChI is InChI=1S/C26H36N2O4/c1-3-4-13-27-16-19(15-20-9-5-7-11-22(20)27)17-32-26(31)21-10-6-8-12-23(21)28-24(29)14-18(2)25(28)30/h6,8,10,12,18-20,22H,3-5,7,9,11,13-17H2,1-2H3/t18?,19-,20+,22+/m0/s1. The van der Waals surface area contributed by atoms with Crippen LogP contribution in [0.5, 0.6) is 0 Å². The second kappa shape index (κ2) is 10.2. The number of para-hydroxylation sites is 1. The third-order valence-electron chi connectivity index (χ3n) is 7.45. The van der Waals surface area contributed by atoms with E-state index in [1.807, 2.05) is 0 Å². The molecule has 0 N–H and O–H groups in total. The van der Waals surface area contributed by atoms with E-state index < -0.39 is 5.97 Å². The fourth-order valence-electron chi connectivity index (χ4n) is 5.80. The number of rotatable bonds is 7. The second-order valence-electron chi connectivity index (χ2n) is 9.85. The smallest absolute Gasteiger partial charge is 0.340 e. The van der Waals surface area contributed by atoms with Crippen LogP contribution in [0.15, 0.2) is 24.3 Å². The molecule has 3 fully saturated rings. The van der Waals surface area contributed by atoms with Gasteiger partial charge in [0.05, 0.1) is 17.9 Å². The zero-order valence-electron chi connectivity index (χ0n) is 19.4. The minimum absolute atomic E-state index is 0.181. The van der Waals surface area contributed by atoms with E-state index in [0.717, 1.165) is 24.4 Å². The summed E-state index contributed by atoms with van der Waals surface area (Å²) >= 11 is 0. The molecule has 2 heterocycles. The molecule has 0 bridgehead atoms. The molecule has 0 spiro atoms. The van der Waals surface area contributed by atoms with Gasteiger partial charge in [0.15, 0.2) is 0 Å². The quantitative estimate of drug-likeness (QED) is 0.464. The molecule has 1 saturated carbocycles. The molecular weight excluding hydrogens is 404 g/mol. The van der Waals surface area contributed by atoms with Crippen LogP contribution in [0, 0.1) is 17.8 Å². The Morgan fingerprint density at radius 2 is 1.94 bits per heavy atom. The molecule has 6 nitrogen and oxygen atoms in total. The SMILES string of the molecule is CCCCN1C[C@@H](COC(=O)c2ccccc2N2C(=O)CC(C)C2=O)C[C@H]2CCCC[C@H]21. The summed E-state index contributed by atoms with van der Waals surface area (Å²) in [7, 11) is 0. The number of hydrogen-bond acceptors (Lipinski definition) is 5. The van der Waals surface area contributed by atoms with Gasteiger partial charge in [-0.05, 0) is 50.3 Å². The van der Waals surface area contributed by atoms with Crippen molar-refractivity contribution in [2.24, 2.45) is 17.8 Å². The van der Waals surface area contributed by atoms with E-state index in [0.29, 0.717) is 30.2 Å². The molecule has 0 aromatic heterocycles. The minimum atomic E-state index is -0.452. The summed E-state index contributed by atoms with van der Waals surface area (Å²) in [6.07, 6.45) is 8.90. The zero-order valence-corrected chi connectivity index (χ0v) is 19.4. The predicted molar refractivity (Wildman–Crippen MR) is 123 cm³/mol. The number of esters is 1. The van der Waals surface area contributed by atoms with Crippen LogP contribution in [0.1, 0.15) is 75.6 Å². The normalized spacial score (nSPS) is 28.6. The van der Waals surface area contributed by atoms with Crippen LogP contribution < -0.4 is 4.90 Å². The predicted octanol–water partition coefficient (Wildman–Crippen LogP) is 4.42. The molecule has 174 valence electrons. The molecule has 1 aromatic carbocycles. The summed E-state index contributed by atoms with van der Waals surface area (Å²) in [5, 5.41) is 0. The van der Waals surface area contributed by atoms with E-state index in [1.54, 1.807) is 31.2 Å². The third kappa shape index (κ3) is 4.75. The van der Waals surface area contributed by atoms with Gasteiger partial charge in [-0.3, -0.25) is 14.5 Å². The minimum Gasteiger partial charge on any atom is -0.462 e. The van der Waals surface area contributed by atoms with Gasteiger partial charge in [-0.1, -0.05) is 45.2 Å². The highest BCUT2D eigenvalue weighted by atomic mass is 16.5. The molecule has 32 heavy (non-hydrogen) atoms. The number of unbranched alkanes of at least 4 members (excludes halogenated alkanes) is 1. The Bertz CT molecular complexity index is 854. The molecule has 1 aliphatic carbocycles. The highest BCUT2D eigenvalue weighted by Crippen LogP contribution is 2.38. The number of hydrogen-bond donors (Lipinski definition) is 0. The maximum atomic E-state index is 13.0. The molecule has 3 aliphatic rings. The lowest BCUT2D eigenvalue weighted by molar-refractivity contribution is -0.122. The number of imide groups is 1. The molecule has 4 atom stereocenters. The molecular formula is C26H36N2O4. The number of benzene rings is 1. The van der Waals surface area contributed by atoms with Crippen LogP contribution in [0.25, 0.3) is 0 Å². The highest BCUT2D eigenvalue weighted by molar-refractivity contribution is 6.22.